The van der Waals surface area contributed by atoms with Crippen molar-refractivity contribution in [1.29, 1.82) is 0 Å². The third kappa shape index (κ3) is 4.82. The number of pyridine rings is 1. The Labute approximate surface area is 141 Å². The maximum Gasteiger partial charge on any atom is 0.152 e. The number of ketones is 1. The third-order valence-corrected chi connectivity index (χ3v) is 4.02. The Morgan fingerprint density at radius 2 is 2.25 bits per heavy atom. The molecule has 2 atom stereocenters. The zero-order valence-corrected chi connectivity index (χ0v) is 14.1. The lowest BCUT2D eigenvalue weighted by atomic mass is 9.81. The summed E-state index contributed by atoms with van der Waals surface area (Å²) in [6, 6.07) is 3.83. The fourth-order valence-electron chi connectivity index (χ4n) is 2.84. The topological polar surface area (TPSA) is 117 Å². The highest BCUT2D eigenvalue weighted by atomic mass is 16.3. The van der Waals surface area contributed by atoms with Crippen LogP contribution in [-0.4, -0.2) is 49.6 Å². The lowest BCUT2D eigenvalue weighted by Gasteiger charge is -2.22. The molecule has 0 saturated heterocycles. The predicted molar refractivity (Wildman–Crippen MR) is 89.5 cm³/mol. The van der Waals surface area contributed by atoms with Gasteiger partial charge in [0.1, 0.15) is 11.6 Å². The monoisotopic (exact) mass is 332 g/mol. The molecule has 0 aliphatic heterocycles. The minimum absolute atomic E-state index is 0.0569. The summed E-state index contributed by atoms with van der Waals surface area (Å²) in [6.45, 7) is 4.20. The van der Waals surface area contributed by atoms with Crippen LogP contribution in [-0.2, 0) is 11.2 Å². The van der Waals surface area contributed by atoms with Crippen LogP contribution < -0.4 is 5.32 Å². The van der Waals surface area contributed by atoms with Gasteiger partial charge in [-0.3, -0.25) is 4.79 Å². The van der Waals surface area contributed by atoms with E-state index in [1.807, 2.05) is 12.1 Å². The standard InChI is InChI=1S/C16H24N6O2/c1-3-4-13(11(2)24)14(16-19-21-22-20-16)9-12-5-6-15(18-10-12)17-7-8-23/h5-6,10,13-14,23H,3-4,7-9H2,1-2H3,(H,17,18)(H,19,20,21,22)/t13-,14+/m1/s1. The molecule has 3 N–H and O–H groups in total. The first kappa shape index (κ1) is 18.0. The van der Waals surface area contributed by atoms with Crippen LogP contribution in [0.25, 0.3) is 0 Å². The number of Topliss-reactive ketones (excluding diaryl/α,β-unsaturated/α-hetero) is 1. The molecule has 2 aromatic rings. The average molecular weight is 332 g/mol. The molecular weight excluding hydrogens is 308 g/mol. The summed E-state index contributed by atoms with van der Waals surface area (Å²) >= 11 is 0. The molecule has 0 radical (unpaired) electrons. The molecular formula is C16H24N6O2. The average Bonchev–Trinajstić information content (AvgIpc) is 3.11. The Morgan fingerprint density at radius 1 is 1.42 bits per heavy atom. The molecule has 0 aromatic carbocycles. The lowest BCUT2D eigenvalue weighted by molar-refractivity contribution is -0.121. The van der Waals surface area contributed by atoms with E-state index in [9.17, 15) is 4.79 Å². The molecule has 0 amide bonds. The number of carbonyl (C=O) groups excluding carboxylic acids is 1. The summed E-state index contributed by atoms with van der Waals surface area (Å²) in [5.41, 5.74) is 1.01. The summed E-state index contributed by atoms with van der Waals surface area (Å²) in [4.78, 5) is 16.4. The Morgan fingerprint density at radius 3 is 2.79 bits per heavy atom. The van der Waals surface area contributed by atoms with E-state index in [4.69, 9.17) is 5.11 Å². The van der Waals surface area contributed by atoms with E-state index in [2.05, 4.69) is 37.8 Å². The van der Waals surface area contributed by atoms with Crippen LogP contribution in [0.15, 0.2) is 18.3 Å². The van der Waals surface area contributed by atoms with Crippen molar-refractivity contribution in [2.24, 2.45) is 5.92 Å². The number of aliphatic hydroxyl groups is 1. The fraction of sp³-hybridized carbons (Fsp3) is 0.562. The number of nitrogens with zero attached hydrogens (tertiary/aromatic N) is 4. The molecule has 2 rings (SSSR count). The second kappa shape index (κ2) is 9.07. The van der Waals surface area contributed by atoms with Gasteiger partial charge in [0.2, 0.25) is 0 Å². The Bertz CT molecular complexity index is 614. The molecule has 0 aliphatic carbocycles. The smallest absolute Gasteiger partial charge is 0.152 e. The lowest BCUT2D eigenvalue weighted by Crippen LogP contribution is -2.23. The summed E-state index contributed by atoms with van der Waals surface area (Å²) < 4.78 is 0. The Kier molecular flexibility index (Phi) is 6.80. The molecule has 8 nitrogen and oxygen atoms in total. The molecule has 0 bridgehead atoms. The van der Waals surface area contributed by atoms with E-state index in [0.29, 0.717) is 24.6 Å². The molecule has 2 heterocycles. The second-order valence-corrected chi connectivity index (χ2v) is 5.80. The highest BCUT2D eigenvalue weighted by Gasteiger charge is 2.29. The van der Waals surface area contributed by atoms with Gasteiger partial charge < -0.3 is 10.4 Å². The maximum atomic E-state index is 12.1. The van der Waals surface area contributed by atoms with Gasteiger partial charge in [-0.25, -0.2) is 10.1 Å². The Hall–Kier alpha value is -2.35. The normalized spacial score (nSPS) is 13.5. The number of hydrogen-bond acceptors (Lipinski definition) is 7. The van der Waals surface area contributed by atoms with E-state index in [1.54, 1.807) is 13.1 Å². The number of aromatic nitrogens is 5. The van der Waals surface area contributed by atoms with Crippen LogP contribution >= 0.6 is 0 Å². The molecule has 0 aliphatic rings. The van der Waals surface area contributed by atoms with E-state index >= 15 is 0 Å². The Balaban J connectivity index is 2.17. The number of aromatic amines is 1. The summed E-state index contributed by atoms with van der Waals surface area (Å²) in [6.07, 6.45) is 4.13. The van der Waals surface area contributed by atoms with Crippen molar-refractivity contribution in [3.8, 4) is 0 Å². The molecule has 0 saturated carbocycles. The van der Waals surface area contributed by atoms with Crippen molar-refractivity contribution in [1.82, 2.24) is 25.6 Å². The van der Waals surface area contributed by atoms with Gasteiger partial charge in [-0.1, -0.05) is 19.4 Å². The zero-order valence-electron chi connectivity index (χ0n) is 14.1. The van der Waals surface area contributed by atoms with Crippen molar-refractivity contribution < 1.29 is 9.90 Å². The molecule has 130 valence electrons. The zero-order chi connectivity index (χ0) is 17.4. The van der Waals surface area contributed by atoms with Crippen LogP contribution in [0.5, 0.6) is 0 Å². The number of nitrogens with one attached hydrogen (secondary N) is 2. The number of rotatable bonds is 10. The summed E-state index contributed by atoms with van der Waals surface area (Å²) in [7, 11) is 0. The minimum Gasteiger partial charge on any atom is -0.395 e. The molecule has 2 aromatic heterocycles. The van der Waals surface area contributed by atoms with Gasteiger partial charge in [-0.15, -0.1) is 5.10 Å². The molecule has 8 heteroatoms. The maximum absolute atomic E-state index is 12.1. The van der Waals surface area contributed by atoms with E-state index in [1.165, 1.54) is 0 Å². The summed E-state index contributed by atoms with van der Waals surface area (Å²) in [5.74, 6) is 1.26. The SMILES string of the molecule is CCC[C@H](C(C)=O)[C@H](Cc1ccc(NCCO)nc1)c1nnn[nH]1. The fourth-order valence-corrected chi connectivity index (χ4v) is 2.84. The number of carbonyl (C=O) groups is 1. The van der Waals surface area contributed by atoms with Gasteiger partial charge in [-0.2, -0.15) is 0 Å². The van der Waals surface area contributed by atoms with Gasteiger partial charge in [0.25, 0.3) is 0 Å². The first-order valence-electron chi connectivity index (χ1n) is 8.19. The van der Waals surface area contributed by atoms with Crippen molar-refractivity contribution >= 4 is 11.6 Å². The van der Waals surface area contributed by atoms with Crippen LogP contribution in [0.4, 0.5) is 5.82 Å². The van der Waals surface area contributed by atoms with E-state index in [-0.39, 0.29) is 24.2 Å². The quantitative estimate of drug-likeness (QED) is 0.601. The van der Waals surface area contributed by atoms with E-state index < -0.39 is 0 Å². The highest BCUT2D eigenvalue weighted by molar-refractivity contribution is 5.79. The van der Waals surface area contributed by atoms with Crippen LogP contribution in [0.1, 0.15) is 44.0 Å². The largest absolute Gasteiger partial charge is 0.395 e. The molecule has 0 fully saturated rings. The van der Waals surface area contributed by atoms with Crippen molar-refractivity contribution in [2.75, 3.05) is 18.5 Å². The molecule has 0 unspecified atom stereocenters. The van der Waals surface area contributed by atoms with Crippen LogP contribution in [0.2, 0.25) is 0 Å². The van der Waals surface area contributed by atoms with Gasteiger partial charge in [0.15, 0.2) is 5.82 Å². The second-order valence-electron chi connectivity index (χ2n) is 5.80. The first-order valence-corrected chi connectivity index (χ1v) is 8.19. The van der Waals surface area contributed by atoms with Gasteiger partial charge in [0, 0.05) is 24.6 Å². The van der Waals surface area contributed by atoms with E-state index in [0.717, 1.165) is 18.4 Å². The number of H-pyrrole nitrogens is 1. The third-order valence-electron chi connectivity index (χ3n) is 4.02. The van der Waals surface area contributed by atoms with Gasteiger partial charge in [0.05, 0.1) is 6.61 Å². The first-order chi connectivity index (χ1) is 11.7. The minimum atomic E-state index is -0.128. The number of anilines is 1. The predicted octanol–water partition coefficient (Wildman–Crippen LogP) is 1.33. The molecule has 24 heavy (non-hydrogen) atoms. The number of hydrogen-bond donors (Lipinski definition) is 3. The van der Waals surface area contributed by atoms with Crippen molar-refractivity contribution in [3.05, 3.63) is 29.7 Å². The highest BCUT2D eigenvalue weighted by Crippen LogP contribution is 2.30. The molecule has 0 spiro atoms. The van der Waals surface area contributed by atoms with Crippen LogP contribution in [0, 0.1) is 5.92 Å². The van der Waals surface area contributed by atoms with Crippen molar-refractivity contribution in [2.45, 2.75) is 39.0 Å². The van der Waals surface area contributed by atoms with Crippen molar-refractivity contribution in [3.63, 3.8) is 0 Å². The van der Waals surface area contributed by atoms with Gasteiger partial charge >= 0.3 is 0 Å². The summed E-state index contributed by atoms with van der Waals surface area (Å²) in [5, 5.41) is 26.0. The van der Waals surface area contributed by atoms with Gasteiger partial charge in [-0.05, 0) is 41.8 Å². The number of aliphatic hydroxyl groups excluding tert-OH is 1. The van der Waals surface area contributed by atoms with Crippen LogP contribution in [0.3, 0.4) is 0 Å². The number of tetrazole rings is 1.